The Morgan fingerprint density at radius 3 is 2.73 bits per heavy atom. The molecule has 15 heavy (non-hydrogen) atoms. The molecular weight excluding hydrogens is 209 g/mol. The largest absolute Gasteiger partial charge is 0.453 e. The van der Waals surface area contributed by atoms with E-state index in [4.69, 9.17) is 0 Å². The van der Waals surface area contributed by atoms with Gasteiger partial charge in [-0.1, -0.05) is 6.08 Å². The summed E-state index contributed by atoms with van der Waals surface area (Å²) in [6.07, 6.45) is 0.670. The Hall–Kier alpha value is -1.53. The number of hydrogen-bond acceptors (Lipinski definition) is 3. The second-order valence-corrected chi connectivity index (χ2v) is 3.24. The molecule has 1 atom stereocenters. The molecule has 0 fully saturated rings. The van der Waals surface area contributed by atoms with Gasteiger partial charge in [0.05, 0.1) is 6.04 Å². The van der Waals surface area contributed by atoms with Gasteiger partial charge in [-0.2, -0.15) is 13.2 Å². The second-order valence-electron chi connectivity index (χ2n) is 3.24. The van der Waals surface area contributed by atoms with E-state index in [1.54, 1.807) is 6.20 Å². The van der Waals surface area contributed by atoms with Gasteiger partial charge in [0, 0.05) is 0 Å². The van der Waals surface area contributed by atoms with Crippen LogP contribution in [0.4, 0.5) is 13.2 Å². The molecule has 1 aromatic heterocycles. The van der Waals surface area contributed by atoms with Crippen molar-refractivity contribution >= 4 is 0 Å². The molecule has 1 aliphatic heterocycles. The summed E-state index contributed by atoms with van der Waals surface area (Å²) in [6, 6.07) is -0.210. The van der Waals surface area contributed by atoms with Gasteiger partial charge in [0.2, 0.25) is 0 Å². The molecule has 4 nitrogen and oxygen atoms in total. The number of rotatable bonds is 1. The van der Waals surface area contributed by atoms with E-state index in [9.17, 15) is 13.2 Å². The smallest absolute Gasteiger partial charge is 0.381 e. The van der Waals surface area contributed by atoms with Crippen molar-refractivity contribution < 1.29 is 13.2 Å². The van der Waals surface area contributed by atoms with Crippen molar-refractivity contribution in [1.29, 1.82) is 0 Å². The van der Waals surface area contributed by atoms with E-state index in [1.807, 2.05) is 6.08 Å². The molecule has 1 aromatic rings. The summed E-state index contributed by atoms with van der Waals surface area (Å²) in [5.74, 6) is -0.888. The Kier molecular flexibility index (Phi) is 2.37. The SMILES string of the molecule is FC(F)(F)c1n[nH]c(C2CCC=CN2)n1. The van der Waals surface area contributed by atoms with Crippen LogP contribution in [0.25, 0.3) is 0 Å². The normalized spacial score (nSPS) is 21.4. The van der Waals surface area contributed by atoms with Crippen molar-refractivity contribution in [2.24, 2.45) is 0 Å². The first kappa shape index (κ1) is 10.0. The van der Waals surface area contributed by atoms with Crippen LogP contribution < -0.4 is 5.32 Å². The summed E-state index contributed by atoms with van der Waals surface area (Å²) < 4.78 is 36.6. The summed E-state index contributed by atoms with van der Waals surface area (Å²) in [6.45, 7) is 0. The minimum atomic E-state index is -4.49. The monoisotopic (exact) mass is 218 g/mol. The summed E-state index contributed by atoms with van der Waals surface area (Å²) in [7, 11) is 0. The van der Waals surface area contributed by atoms with Crippen LogP contribution in [-0.4, -0.2) is 15.2 Å². The number of nitrogens with zero attached hydrogens (tertiary/aromatic N) is 2. The molecule has 1 aliphatic rings. The number of H-pyrrole nitrogens is 1. The standard InChI is InChI=1S/C8H9F3N4/c9-8(10,11)7-13-6(14-15-7)5-3-1-2-4-12-5/h2,4-5,12H,1,3H2,(H,13,14,15). The van der Waals surface area contributed by atoms with Crippen molar-refractivity contribution in [3.63, 3.8) is 0 Å². The predicted octanol–water partition coefficient (Wildman–Crippen LogP) is 1.76. The van der Waals surface area contributed by atoms with Gasteiger partial charge in [0.1, 0.15) is 5.82 Å². The minimum absolute atomic E-state index is 0.210. The van der Waals surface area contributed by atoms with Gasteiger partial charge in [-0.3, -0.25) is 5.10 Å². The first-order chi connectivity index (χ1) is 7.07. The number of nitrogens with one attached hydrogen (secondary N) is 2. The lowest BCUT2D eigenvalue weighted by atomic mass is 10.1. The van der Waals surface area contributed by atoms with Crippen LogP contribution in [-0.2, 0) is 6.18 Å². The van der Waals surface area contributed by atoms with Gasteiger partial charge in [-0.05, 0) is 19.0 Å². The predicted molar refractivity (Wildman–Crippen MR) is 45.6 cm³/mol. The maximum Gasteiger partial charge on any atom is 0.453 e. The van der Waals surface area contributed by atoms with E-state index in [0.717, 1.165) is 6.42 Å². The molecule has 82 valence electrons. The lowest BCUT2D eigenvalue weighted by Gasteiger charge is -2.16. The Bertz CT molecular complexity index is 368. The van der Waals surface area contributed by atoms with E-state index in [-0.39, 0.29) is 11.9 Å². The molecule has 0 aromatic carbocycles. The van der Waals surface area contributed by atoms with E-state index >= 15 is 0 Å². The first-order valence-corrected chi connectivity index (χ1v) is 4.48. The highest BCUT2D eigenvalue weighted by atomic mass is 19.4. The van der Waals surface area contributed by atoms with Crippen molar-refractivity contribution in [3.8, 4) is 0 Å². The molecule has 0 bridgehead atoms. The average molecular weight is 218 g/mol. The highest BCUT2D eigenvalue weighted by Crippen LogP contribution is 2.27. The van der Waals surface area contributed by atoms with Crippen LogP contribution in [0.2, 0.25) is 0 Å². The van der Waals surface area contributed by atoms with Crippen molar-refractivity contribution in [2.75, 3.05) is 0 Å². The summed E-state index contributed by atoms with van der Waals surface area (Å²) >= 11 is 0. The quantitative estimate of drug-likeness (QED) is 0.755. The Labute approximate surface area is 83.6 Å². The zero-order chi connectivity index (χ0) is 10.9. The molecule has 2 heterocycles. The summed E-state index contributed by atoms with van der Waals surface area (Å²) in [5, 5.41) is 8.36. The zero-order valence-electron chi connectivity index (χ0n) is 7.67. The van der Waals surface area contributed by atoms with Gasteiger partial charge >= 0.3 is 6.18 Å². The van der Waals surface area contributed by atoms with Crippen molar-refractivity contribution in [2.45, 2.75) is 25.1 Å². The number of aromatic nitrogens is 3. The van der Waals surface area contributed by atoms with E-state index in [1.165, 1.54) is 0 Å². The lowest BCUT2D eigenvalue weighted by molar-refractivity contribution is -0.144. The van der Waals surface area contributed by atoms with E-state index < -0.39 is 12.0 Å². The van der Waals surface area contributed by atoms with Crippen LogP contribution in [0.15, 0.2) is 12.3 Å². The van der Waals surface area contributed by atoms with E-state index in [0.29, 0.717) is 6.42 Å². The fraction of sp³-hybridized carbons (Fsp3) is 0.500. The van der Waals surface area contributed by atoms with Gasteiger partial charge in [-0.25, -0.2) is 4.98 Å². The minimum Gasteiger partial charge on any atom is -0.381 e. The molecule has 2 rings (SSSR count). The third-order valence-electron chi connectivity index (χ3n) is 2.12. The molecular formula is C8H9F3N4. The summed E-state index contributed by atoms with van der Waals surface area (Å²) in [5.41, 5.74) is 0. The van der Waals surface area contributed by atoms with Crippen LogP contribution in [0.1, 0.15) is 30.5 Å². The number of alkyl halides is 3. The van der Waals surface area contributed by atoms with Crippen molar-refractivity contribution in [3.05, 3.63) is 23.9 Å². The molecule has 1 unspecified atom stereocenters. The third-order valence-corrected chi connectivity index (χ3v) is 2.12. The number of aromatic amines is 1. The molecule has 0 aliphatic carbocycles. The first-order valence-electron chi connectivity index (χ1n) is 4.48. The zero-order valence-corrected chi connectivity index (χ0v) is 7.67. The van der Waals surface area contributed by atoms with Gasteiger partial charge in [0.15, 0.2) is 0 Å². The van der Waals surface area contributed by atoms with Crippen LogP contribution in [0, 0.1) is 0 Å². The highest BCUT2D eigenvalue weighted by Gasteiger charge is 2.36. The van der Waals surface area contributed by atoms with Gasteiger partial charge in [-0.15, -0.1) is 5.10 Å². The van der Waals surface area contributed by atoms with Gasteiger partial charge in [0.25, 0.3) is 5.82 Å². The Morgan fingerprint density at radius 2 is 2.20 bits per heavy atom. The molecule has 0 spiro atoms. The highest BCUT2D eigenvalue weighted by molar-refractivity contribution is 5.03. The van der Waals surface area contributed by atoms with Crippen LogP contribution in [0.3, 0.4) is 0 Å². The van der Waals surface area contributed by atoms with Crippen LogP contribution >= 0.6 is 0 Å². The number of halogens is 3. The molecule has 0 saturated heterocycles. The lowest BCUT2D eigenvalue weighted by Crippen LogP contribution is -2.19. The molecule has 2 N–H and O–H groups in total. The fourth-order valence-electron chi connectivity index (χ4n) is 1.39. The third kappa shape index (κ3) is 2.11. The maximum absolute atomic E-state index is 12.2. The molecule has 0 saturated carbocycles. The second kappa shape index (κ2) is 3.56. The van der Waals surface area contributed by atoms with Crippen molar-refractivity contribution in [1.82, 2.24) is 20.5 Å². The maximum atomic E-state index is 12.2. The Morgan fingerprint density at radius 1 is 1.40 bits per heavy atom. The van der Waals surface area contributed by atoms with E-state index in [2.05, 4.69) is 20.5 Å². The molecule has 7 heteroatoms. The topological polar surface area (TPSA) is 53.6 Å². The fourth-order valence-corrected chi connectivity index (χ4v) is 1.39. The Balaban J connectivity index is 2.16. The van der Waals surface area contributed by atoms with Gasteiger partial charge < -0.3 is 5.32 Å². The average Bonchev–Trinajstić information content (AvgIpc) is 2.67. The van der Waals surface area contributed by atoms with Crippen LogP contribution in [0.5, 0.6) is 0 Å². The molecule has 0 radical (unpaired) electrons. The number of hydrogen-bond donors (Lipinski definition) is 2. The summed E-state index contributed by atoms with van der Waals surface area (Å²) in [4.78, 5) is 3.42. The molecule has 0 amide bonds. The number of allylic oxidation sites excluding steroid dienone is 1.